The van der Waals surface area contributed by atoms with Crippen LogP contribution in [0.1, 0.15) is 23.4 Å². The lowest BCUT2D eigenvalue weighted by molar-refractivity contribution is -0.936. The van der Waals surface area contributed by atoms with Gasteiger partial charge in [-0.1, -0.05) is 6.07 Å². The molecule has 0 fully saturated rings. The number of hydrogen-bond donors (Lipinski definition) is 1. The quantitative estimate of drug-likeness (QED) is 0.600. The van der Waals surface area contributed by atoms with Crippen LogP contribution < -0.4 is 4.90 Å². The molecule has 0 spiro atoms. The fourth-order valence-electron chi connectivity index (χ4n) is 2.56. The van der Waals surface area contributed by atoms with Crippen molar-refractivity contribution in [1.29, 1.82) is 5.26 Å². The molecule has 2 aromatic rings. The SMILES string of the molecule is Cc1nn(C[NH+](CCC#N)Cc2cccnc2)c(C)c1[N+](=O)[O-]. The first-order valence-corrected chi connectivity index (χ1v) is 7.30. The lowest BCUT2D eigenvalue weighted by atomic mass is 10.2. The van der Waals surface area contributed by atoms with E-state index in [4.69, 9.17) is 5.26 Å². The molecule has 2 aromatic heterocycles. The molecule has 1 atom stereocenters. The van der Waals surface area contributed by atoms with Crippen LogP contribution in [0.15, 0.2) is 24.5 Å². The molecule has 2 rings (SSSR count). The number of pyridine rings is 1. The number of nitriles is 1. The number of aryl methyl sites for hydroxylation is 1. The van der Waals surface area contributed by atoms with E-state index in [1.807, 2.05) is 12.1 Å². The predicted octanol–water partition coefficient (Wildman–Crippen LogP) is 0.759. The number of quaternary nitrogens is 1. The Balaban J connectivity index is 2.19. The van der Waals surface area contributed by atoms with E-state index in [1.165, 1.54) is 0 Å². The Labute approximate surface area is 134 Å². The van der Waals surface area contributed by atoms with Crippen molar-refractivity contribution in [2.45, 2.75) is 33.5 Å². The van der Waals surface area contributed by atoms with Gasteiger partial charge in [0.05, 0.1) is 24.0 Å². The van der Waals surface area contributed by atoms with Crippen LogP contribution in [-0.4, -0.2) is 26.2 Å². The second-order valence-electron chi connectivity index (χ2n) is 5.38. The Hall–Kier alpha value is -2.79. The molecule has 23 heavy (non-hydrogen) atoms. The minimum absolute atomic E-state index is 0.0611. The number of rotatable bonds is 7. The van der Waals surface area contributed by atoms with Gasteiger partial charge in [-0.2, -0.15) is 10.4 Å². The Bertz CT molecular complexity index is 720. The fourth-order valence-corrected chi connectivity index (χ4v) is 2.56. The summed E-state index contributed by atoms with van der Waals surface area (Å²) in [6, 6.07) is 5.99. The van der Waals surface area contributed by atoms with Crippen LogP contribution in [0, 0.1) is 35.3 Å². The van der Waals surface area contributed by atoms with Gasteiger partial charge in [0.1, 0.15) is 17.9 Å². The summed E-state index contributed by atoms with van der Waals surface area (Å²) in [5, 5.41) is 24.2. The largest absolute Gasteiger partial charge is 0.312 e. The molecule has 8 heteroatoms. The van der Waals surface area contributed by atoms with Crippen molar-refractivity contribution in [3.05, 3.63) is 51.6 Å². The number of nitro groups is 1. The highest BCUT2D eigenvalue weighted by molar-refractivity contribution is 5.39. The fraction of sp³-hybridized carbons (Fsp3) is 0.400. The molecule has 1 N–H and O–H groups in total. The van der Waals surface area contributed by atoms with Gasteiger partial charge < -0.3 is 4.90 Å². The third-order valence-corrected chi connectivity index (χ3v) is 3.67. The van der Waals surface area contributed by atoms with Crippen LogP contribution in [0.5, 0.6) is 0 Å². The van der Waals surface area contributed by atoms with Crippen molar-refractivity contribution in [3.63, 3.8) is 0 Å². The van der Waals surface area contributed by atoms with Gasteiger partial charge in [-0.05, 0) is 19.9 Å². The van der Waals surface area contributed by atoms with Gasteiger partial charge in [-0.3, -0.25) is 15.1 Å². The van der Waals surface area contributed by atoms with Gasteiger partial charge in [-0.15, -0.1) is 0 Å². The maximum absolute atomic E-state index is 11.1. The normalized spacial score (nSPS) is 11.9. The van der Waals surface area contributed by atoms with E-state index in [2.05, 4.69) is 16.2 Å². The van der Waals surface area contributed by atoms with Gasteiger partial charge in [0, 0.05) is 18.0 Å². The Morgan fingerprint density at radius 2 is 2.26 bits per heavy atom. The summed E-state index contributed by atoms with van der Waals surface area (Å²) in [4.78, 5) is 15.9. The first-order valence-electron chi connectivity index (χ1n) is 7.30. The summed E-state index contributed by atoms with van der Waals surface area (Å²) < 4.78 is 1.65. The average Bonchev–Trinajstić information content (AvgIpc) is 2.80. The molecule has 0 aliphatic heterocycles. The second-order valence-corrected chi connectivity index (χ2v) is 5.38. The van der Waals surface area contributed by atoms with Gasteiger partial charge in [0.25, 0.3) is 0 Å². The van der Waals surface area contributed by atoms with E-state index in [0.29, 0.717) is 37.6 Å². The molecular weight excluding hydrogens is 296 g/mol. The molecule has 1 unspecified atom stereocenters. The molecule has 0 radical (unpaired) electrons. The number of hydrogen-bond acceptors (Lipinski definition) is 5. The number of aromatic nitrogens is 3. The molecular formula is C15H19N6O2+. The summed E-state index contributed by atoms with van der Waals surface area (Å²) in [5.74, 6) is 0. The lowest BCUT2D eigenvalue weighted by Crippen LogP contribution is -3.10. The van der Waals surface area contributed by atoms with Crippen LogP contribution in [0.3, 0.4) is 0 Å². The van der Waals surface area contributed by atoms with Crippen LogP contribution in [-0.2, 0) is 13.2 Å². The van der Waals surface area contributed by atoms with E-state index in [-0.39, 0.29) is 5.69 Å². The predicted molar refractivity (Wildman–Crippen MR) is 82.4 cm³/mol. The van der Waals surface area contributed by atoms with Crippen LogP contribution >= 0.6 is 0 Å². The molecule has 2 heterocycles. The van der Waals surface area contributed by atoms with E-state index in [9.17, 15) is 10.1 Å². The molecule has 8 nitrogen and oxygen atoms in total. The van der Waals surface area contributed by atoms with Gasteiger partial charge in [0.15, 0.2) is 6.67 Å². The van der Waals surface area contributed by atoms with Crippen molar-refractivity contribution in [2.75, 3.05) is 6.54 Å². The summed E-state index contributed by atoms with van der Waals surface area (Å²) in [5.41, 5.74) is 2.06. The van der Waals surface area contributed by atoms with Crippen molar-refractivity contribution in [3.8, 4) is 6.07 Å². The Morgan fingerprint density at radius 1 is 1.48 bits per heavy atom. The minimum atomic E-state index is -0.399. The molecule has 0 aliphatic carbocycles. The minimum Gasteiger partial charge on any atom is -0.312 e. The van der Waals surface area contributed by atoms with Crippen molar-refractivity contribution >= 4 is 5.69 Å². The molecule has 0 saturated heterocycles. The Kier molecular flexibility index (Phi) is 5.38. The summed E-state index contributed by atoms with van der Waals surface area (Å²) >= 11 is 0. The molecule has 0 bridgehead atoms. The summed E-state index contributed by atoms with van der Waals surface area (Å²) in [7, 11) is 0. The third kappa shape index (κ3) is 4.11. The maximum Gasteiger partial charge on any atom is 0.312 e. The summed E-state index contributed by atoms with van der Waals surface area (Å²) in [6.07, 6.45) is 3.91. The zero-order valence-electron chi connectivity index (χ0n) is 13.2. The lowest BCUT2D eigenvalue weighted by Gasteiger charge is -2.18. The van der Waals surface area contributed by atoms with E-state index in [0.717, 1.165) is 10.5 Å². The third-order valence-electron chi connectivity index (χ3n) is 3.67. The molecule has 0 aromatic carbocycles. The smallest absolute Gasteiger partial charge is 0.312 e. The molecule has 120 valence electrons. The van der Waals surface area contributed by atoms with E-state index >= 15 is 0 Å². The first-order chi connectivity index (χ1) is 11.0. The highest BCUT2D eigenvalue weighted by Crippen LogP contribution is 2.20. The van der Waals surface area contributed by atoms with Gasteiger partial charge >= 0.3 is 5.69 Å². The van der Waals surface area contributed by atoms with Crippen molar-refractivity contribution in [1.82, 2.24) is 14.8 Å². The summed E-state index contributed by atoms with van der Waals surface area (Å²) in [6.45, 7) is 5.12. The first kappa shape index (κ1) is 16.6. The van der Waals surface area contributed by atoms with Gasteiger partial charge in [-0.25, -0.2) is 4.68 Å². The van der Waals surface area contributed by atoms with Crippen molar-refractivity contribution < 1.29 is 9.82 Å². The van der Waals surface area contributed by atoms with Crippen LogP contribution in [0.2, 0.25) is 0 Å². The number of nitrogens with one attached hydrogen (secondary N) is 1. The highest BCUT2D eigenvalue weighted by Gasteiger charge is 2.23. The highest BCUT2D eigenvalue weighted by atomic mass is 16.6. The standard InChI is InChI=1S/C15H18N6O2/c1-12-15(21(22)23)13(2)20(18-12)11-19(8-4-6-16)10-14-5-3-7-17-9-14/h3,5,7,9H,4,8,10-11H2,1-2H3/p+1. The zero-order chi connectivity index (χ0) is 16.8. The monoisotopic (exact) mass is 315 g/mol. The van der Waals surface area contributed by atoms with Gasteiger partial charge in [0.2, 0.25) is 0 Å². The Morgan fingerprint density at radius 3 is 2.83 bits per heavy atom. The molecule has 0 saturated carbocycles. The molecule has 0 amide bonds. The zero-order valence-corrected chi connectivity index (χ0v) is 13.2. The van der Waals surface area contributed by atoms with Crippen LogP contribution in [0.25, 0.3) is 0 Å². The number of nitrogens with zero attached hydrogens (tertiary/aromatic N) is 5. The maximum atomic E-state index is 11.1. The average molecular weight is 315 g/mol. The van der Waals surface area contributed by atoms with Crippen molar-refractivity contribution in [2.24, 2.45) is 0 Å². The van der Waals surface area contributed by atoms with E-state index < -0.39 is 4.92 Å². The molecule has 0 aliphatic rings. The topological polar surface area (TPSA) is 102 Å². The van der Waals surface area contributed by atoms with E-state index in [1.54, 1.807) is 30.9 Å². The van der Waals surface area contributed by atoms with Crippen LogP contribution in [0.4, 0.5) is 5.69 Å². The second kappa shape index (κ2) is 7.47.